The van der Waals surface area contributed by atoms with Crippen LogP contribution in [0.3, 0.4) is 0 Å². The van der Waals surface area contributed by atoms with Gasteiger partial charge in [0.2, 0.25) is 17.7 Å². The highest BCUT2D eigenvalue weighted by atomic mass is 32.1. The van der Waals surface area contributed by atoms with Crippen LogP contribution in [0, 0.1) is 13.8 Å². The van der Waals surface area contributed by atoms with Crippen molar-refractivity contribution >= 4 is 40.0 Å². The number of imide groups is 1. The second kappa shape index (κ2) is 6.08. The third-order valence-electron chi connectivity index (χ3n) is 3.87. The van der Waals surface area contributed by atoms with Crippen LogP contribution in [0.25, 0.3) is 10.9 Å². The molecule has 3 rings (SSSR count). The van der Waals surface area contributed by atoms with E-state index in [1.54, 1.807) is 0 Å². The zero-order valence-electron chi connectivity index (χ0n) is 12.9. The molecular formula is C16H17N3O3S. The Bertz CT molecular complexity index is 812. The lowest BCUT2D eigenvalue weighted by molar-refractivity contribution is -0.137. The van der Waals surface area contributed by atoms with Crippen molar-refractivity contribution in [2.45, 2.75) is 39.2 Å². The summed E-state index contributed by atoms with van der Waals surface area (Å²) in [6, 6.07) is 1.38. The maximum atomic E-state index is 12.2. The van der Waals surface area contributed by atoms with Crippen molar-refractivity contribution in [1.82, 2.24) is 15.6 Å². The molecular weight excluding hydrogens is 314 g/mol. The molecule has 0 saturated carbocycles. The molecule has 1 unspecified atom stereocenters. The van der Waals surface area contributed by atoms with Gasteiger partial charge in [-0.2, -0.15) is 0 Å². The fraction of sp³-hybridized carbons (Fsp3) is 0.375. The van der Waals surface area contributed by atoms with Crippen LogP contribution in [-0.4, -0.2) is 28.7 Å². The minimum atomic E-state index is -0.636. The van der Waals surface area contributed by atoms with Crippen molar-refractivity contribution in [3.63, 3.8) is 0 Å². The van der Waals surface area contributed by atoms with Crippen LogP contribution in [0.15, 0.2) is 11.4 Å². The smallest absolute Gasteiger partial charge is 0.249 e. The summed E-state index contributed by atoms with van der Waals surface area (Å²) in [5, 5.41) is 8.00. The van der Waals surface area contributed by atoms with Crippen molar-refractivity contribution in [3.8, 4) is 0 Å². The number of hydrogen-bond donors (Lipinski definition) is 2. The number of rotatable bonds is 3. The van der Waals surface area contributed by atoms with E-state index in [4.69, 9.17) is 0 Å². The highest BCUT2D eigenvalue weighted by molar-refractivity contribution is 7.11. The van der Waals surface area contributed by atoms with Crippen molar-refractivity contribution in [2.24, 2.45) is 0 Å². The van der Waals surface area contributed by atoms with Crippen LogP contribution < -0.4 is 10.6 Å². The van der Waals surface area contributed by atoms with E-state index < -0.39 is 11.9 Å². The Kier molecular flexibility index (Phi) is 4.12. The SMILES string of the molecule is Cc1cc(C)c2csc(CC(=O)NC3CCC(=O)NC3=O)c2n1. The molecule has 2 aromatic rings. The summed E-state index contributed by atoms with van der Waals surface area (Å²) < 4.78 is 0. The Balaban J connectivity index is 1.73. The number of pyridine rings is 1. The Morgan fingerprint density at radius 1 is 1.43 bits per heavy atom. The zero-order chi connectivity index (χ0) is 16.6. The average molecular weight is 331 g/mol. The lowest BCUT2D eigenvalue weighted by Gasteiger charge is -2.21. The predicted molar refractivity (Wildman–Crippen MR) is 87.1 cm³/mol. The Morgan fingerprint density at radius 2 is 2.22 bits per heavy atom. The second-order valence-electron chi connectivity index (χ2n) is 5.75. The minimum absolute atomic E-state index is 0.182. The number of carbonyl (C=O) groups excluding carboxylic acids is 3. The Morgan fingerprint density at radius 3 is 2.96 bits per heavy atom. The number of thiophene rings is 1. The summed E-state index contributed by atoms with van der Waals surface area (Å²) >= 11 is 1.50. The molecule has 7 heteroatoms. The van der Waals surface area contributed by atoms with Gasteiger partial charge >= 0.3 is 0 Å². The molecule has 1 saturated heterocycles. The first-order valence-corrected chi connectivity index (χ1v) is 8.29. The summed E-state index contributed by atoms with van der Waals surface area (Å²) in [5.74, 6) is -0.959. The van der Waals surface area contributed by atoms with E-state index in [9.17, 15) is 14.4 Å². The number of aryl methyl sites for hydroxylation is 2. The molecule has 2 aromatic heterocycles. The van der Waals surface area contributed by atoms with Gasteiger partial charge in [-0.15, -0.1) is 11.3 Å². The van der Waals surface area contributed by atoms with Gasteiger partial charge in [0.05, 0.1) is 11.9 Å². The predicted octanol–water partition coefficient (Wildman–Crippen LogP) is 1.38. The number of fused-ring (bicyclic) bond motifs is 1. The standard InChI is InChI=1S/C16H17N3O3S/c1-8-5-9(2)17-15-10(8)7-23-12(15)6-14(21)18-11-3-4-13(20)19-16(11)22/h5,7,11H,3-4,6H2,1-2H3,(H,18,21)(H,19,20,22). The molecule has 23 heavy (non-hydrogen) atoms. The molecule has 2 N–H and O–H groups in total. The van der Waals surface area contributed by atoms with Gasteiger partial charge in [0, 0.05) is 27.8 Å². The van der Waals surface area contributed by atoms with Gasteiger partial charge in [0.1, 0.15) is 6.04 Å². The Hall–Kier alpha value is -2.28. The van der Waals surface area contributed by atoms with Crippen LogP contribution >= 0.6 is 11.3 Å². The molecule has 1 aliphatic heterocycles. The van der Waals surface area contributed by atoms with Crippen LogP contribution in [0.4, 0.5) is 0 Å². The van der Waals surface area contributed by atoms with E-state index in [1.807, 2.05) is 25.3 Å². The van der Waals surface area contributed by atoms with Crippen LogP contribution in [0.5, 0.6) is 0 Å². The third-order valence-corrected chi connectivity index (χ3v) is 4.85. The molecule has 120 valence electrons. The maximum absolute atomic E-state index is 12.2. The number of nitrogens with one attached hydrogen (secondary N) is 2. The van der Waals surface area contributed by atoms with E-state index >= 15 is 0 Å². The number of amides is 3. The Labute approximate surface area is 137 Å². The van der Waals surface area contributed by atoms with Gasteiger partial charge in [0.15, 0.2) is 0 Å². The van der Waals surface area contributed by atoms with E-state index in [2.05, 4.69) is 15.6 Å². The molecule has 1 fully saturated rings. The van der Waals surface area contributed by atoms with Crippen molar-refractivity contribution in [3.05, 3.63) is 27.6 Å². The molecule has 0 aromatic carbocycles. The highest BCUT2D eigenvalue weighted by Gasteiger charge is 2.28. The van der Waals surface area contributed by atoms with E-state index in [0.717, 1.165) is 27.0 Å². The van der Waals surface area contributed by atoms with E-state index in [0.29, 0.717) is 6.42 Å². The lowest BCUT2D eigenvalue weighted by atomic mass is 10.1. The first-order valence-electron chi connectivity index (χ1n) is 7.41. The quantitative estimate of drug-likeness (QED) is 0.832. The van der Waals surface area contributed by atoms with Crippen LogP contribution in [0.1, 0.15) is 29.0 Å². The molecule has 1 atom stereocenters. The number of aromatic nitrogens is 1. The first kappa shape index (κ1) is 15.6. The molecule has 0 bridgehead atoms. The fourth-order valence-corrected chi connectivity index (χ4v) is 3.78. The van der Waals surface area contributed by atoms with Gasteiger partial charge in [-0.05, 0) is 31.9 Å². The van der Waals surface area contributed by atoms with Crippen LogP contribution in [0.2, 0.25) is 0 Å². The van der Waals surface area contributed by atoms with Crippen LogP contribution in [-0.2, 0) is 20.8 Å². The molecule has 1 aliphatic rings. The summed E-state index contributed by atoms with van der Waals surface area (Å²) in [7, 11) is 0. The molecule has 3 heterocycles. The van der Waals surface area contributed by atoms with E-state index in [-0.39, 0.29) is 24.7 Å². The third kappa shape index (κ3) is 3.24. The normalized spacial score (nSPS) is 18.1. The second-order valence-corrected chi connectivity index (χ2v) is 6.71. The molecule has 3 amide bonds. The minimum Gasteiger partial charge on any atom is -0.344 e. The van der Waals surface area contributed by atoms with Gasteiger partial charge in [0.25, 0.3) is 0 Å². The van der Waals surface area contributed by atoms with Gasteiger partial charge in [-0.25, -0.2) is 0 Å². The van der Waals surface area contributed by atoms with Gasteiger partial charge < -0.3 is 5.32 Å². The molecule has 0 radical (unpaired) electrons. The largest absolute Gasteiger partial charge is 0.344 e. The topological polar surface area (TPSA) is 88.2 Å². The first-order chi connectivity index (χ1) is 10.9. The van der Waals surface area contributed by atoms with Gasteiger partial charge in [-0.1, -0.05) is 0 Å². The monoisotopic (exact) mass is 331 g/mol. The summed E-state index contributed by atoms with van der Waals surface area (Å²) in [6.07, 6.45) is 0.776. The summed E-state index contributed by atoms with van der Waals surface area (Å²) in [5.41, 5.74) is 2.91. The summed E-state index contributed by atoms with van der Waals surface area (Å²) in [4.78, 5) is 40.4. The number of hydrogen-bond acceptors (Lipinski definition) is 5. The maximum Gasteiger partial charge on any atom is 0.249 e. The fourth-order valence-electron chi connectivity index (χ4n) is 2.74. The van der Waals surface area contributed by atoms with Crippen molar-refractivity contribution < 1.29 is 14.4 Å². The molecule has 6 nitrogen and oxygen atoms in total. The van der Waals surface area contributed by atoms with Crippen molar-refractivity contribution in [1.29, 1.82) is 0 Å². The van der Waals surface area contributed by atoms with Crippen molar-refractivity contribution in [2.75, 3.05) is 0 Å². The molecule has 0 aliphatic carbocycles. The number of nitrogens with zero attached hydrogens (tertiary/aromatic N) is 1. The zero-order valence-corrected chi connectivity index (χ0v) is 13.8. The number of piperidine rings is 1. The van der Waals surface area contributed by atoms with E-state index in [1.165, 1.54) is 11.3 Å². The number of carbonyl (C=O) groups is 3. The lowest BCUT2D eigenvalue weighted by Crippen LogP contribution is -2.52. The molecule has 0 spiro atoms. The van der Waals surface area contributed by atoms with Gasteiger partial charge in [-0.3, -0.25) is 24.7 Å². The average Bonchev–Trinajstić information content (AvgIpc) is 2.85. The summed E-state index contributed by atoms with van der Waals surface area (Å²) in [6.45, 7) is 3.95. The highest BCUT2D eigenvalue weighted by Crippen LogP contribution is 2.27.